The highest BCUT2D eigenvalue weighted by atomic mass is 35.5. The van der Waals surface area contributed by atoms with Gasteiger partial charge in [-0.2, -0.15) is 5.10 Å². The molecule has 1 aliphatic rings. The van der Waals surface area contributed by atoms with E-state index in [0.717, 1.165) is 24.0 Å². The monoisotopic (exact) mass is 475 g/mol. The summed E-state index contributed by atoms with van der Waals surface area (Å²) in [5.41, 5.74) is 10.6. The maximum Gasteiger partial charge on any atom is 0.323 e. The highest BCUT2D eigenvalue weighted by molar-refractivity contribution is 6.31. The Morgan fingerprint density at radius 1 is 1.09 bits per heavy atom. The smallest absolute Gasteiger partial charge is 0.323 e. The first kappa shape index (κ1) is 21.7. The molecule has 172 valence electrons. The third-order valence-electron chi connectivity index (χ3n) is 5.61. The molecule has 2 aromatic carbocycles. The van der Waals surface area contributed by atoms with E-state index in [0.29, 0.717) is 33.0 Å². The van der Waals surface area contributed by atoms with Gasteiger partial charge in [-0.15, -0.1) is 0 Å². The van der Waals surface area contributed by atoms with E-state index >= 15 is 0 Å². The fraction of sp³-hybridized carbons (Fsp3) is 0.167. The summed E-state index contributed by atoms with van der Waals surface area (Å²) < 4.78 is 1.56. The van der Waals surface area contributed by atoms with E-state index in [1.54, 1.807) is 41.0 Å². The minimum Gasteiger partial charge on any atom is -0.382 e. The molecule has 1 aliphatic carbocycles. The number of nitrogens with one attached hydrogen (secondary N) is 3. The zero-order valence-corrected chi connectivity index (χ0v) is 19.1. The number of anilines is 3. The van der Waals surface area contributed by atoms with Crippen LogP contribution in [0.5, 0.6) is 0 Å². The van der Waals surface area contributed by atoms with Crippen LogP contribution in [0.15, 0.2) is 55.0 Å². The van der Waals surface area contributed by atoms with E-state index in [1.165, 1.54) is 6.33 Å². The largest absolute Gasteiger partial charge is 0.382 e. The van der Waals surface area contributed by atoms with Crippen molar-refractivity contribution in [3.63, 3.8) is 0 Å². The summed E-state index contributed by atoms with van der Waals surface area (Å²) in [5.74, 6) is 0.0950. The Morgan fingerprint density at radius 3 is 2.50 bits per heavy atom. The molecule has 0 aliphatic heterocycles. The topological polar surface area (TPSA) is 126 Å². The SMILES string of the molecule is Cc1cc(NC(=O)Nc2ccc(-c3c(C(=O)NC4CC4)cn4ncnc(N)c34)cc2)ccc1Cl. The lowest BCUT2D eigenvalue weighted by Crippen LogP contribution is -2.25. The summed E-state index contributed by atoms with van der Waals surface area (Å²) in [7, 11) is 0. The molecule has 0 unspecified atom stereocenters. The van der Waals surface area contributed by atoms with Gasteiger partial charge in [0.2, 0.25) is 0 Å². The molecular formula is C24H22ClN7O2. The van der Waals surface area contributed by atoms with Crippen molar-refractivity contribution in [1.29, 1.82) is 0 Å². The molecule has 0 spiro atoms. The molecule has 1 fully saturated rings. The number of hydrogen-bond acceptors (Lipinski definition) is 5. The minimum absolute atomic E-state index is 0.178. The van der Waals surface area contributed by atoms with Crippen LogP contribution in [0, 0.1) is 6.92 Å². The third-order valence-corrected chi connectivity index (χ3v) is 6.03. The maximum atomic E-state index is 12.9. The van der Waals surface area contributed by atoms with Crippen molar-refractivity contribution in [3.8, 4) is 11.1 Å². The van der Waals surface area contributed by atoms with E-state index in [9.17, 15) is 9.59 Å². The number of carbonyl (C=O) groups is 2. The number of nitrogens with two attached hydrogens (primary N) is 1. The Hall–Kier alpha value is -4.11. The number of aryl methyl sites for hydroxylation is 1. The number of carbonyl (C=O) groups excluding carboxylic acids is 2. The van der Waals surface area contributed by atoms with Crippen molar-refractivity contribution in [3.05, 3.63) is 71.1 Å². The Kier molecular flexibility index (Phi) is 5.54. The van der Waals surface area contributed by atoms with Gasteiger partial charge in [-0.25, -0.2) is 14.3 Å². The highest BCUT2D eigenvalue weighted by Gasteiger charge is 2.27. The molecule has 2 heterocycles. The second-order valence-corrected chi connectivity index (χ2v) is 8.63. The van der Waals surface area contributed by atoms with Gasteiger partial charge in [0, 0.05) is 34.2 Å². The summed E-state index contributed by atoms with van der Waals surface area (Å²) >= 11 is 6.04. The number of aromatic nitrogens is 3. The van der Waals surface area contributed by atoms with Crippen molar-refractivity contribution in [2.45, 2.75) is 25.8 Å². The van der Waals surface area contributed by atoms with Crippen molar-refractivity contribution >= 4 is 46.2 Å². The number of rotatable bonds is 5. The van der Waals surface area contributed by atoms with E-state index in [1.807, 2.05) is 19.1 Å². The first-order valence-corrected chi connectivity index (χ1v) is 11.1. The van der Waals surface area contributed by atoms with Crippen molar-refractivity contribution < 1.29 is 9.59 Å². The second-order valence-electron chi connectivity index (χ2n) is 8.22. The van der Waals surface area contributed by atoms with Crippen molar-refractivity contribution in [2.24, 2.45) is 0 Å². The van der Waals surface area contributed by atoms with Crippen LogP contribution in [0.1, 0.15) is 28.8 Å². The third kappa shape index (κ3) is 4.38. The number of urea groups is 1. The van der Waals surface area contributed by atoms with Crippen LogP contribution in [0.25, 0.3) is 16.6 Å². The van der Waals surface area contributed by atoms with Gasteiger partial charge in [0.15, 0.2) is 5.82 Å². The lowest BCUT2D eigenvalue weighted by atomic mass is 10.0. The Labute approximate surface area is 200 Å². The Bertz CT molecular complexity index is 1410. The minimum atomic E-state index is -0.383. The molecule has 10 heteroatoms. The quantitative estimate of drug-likeness (QED) is 0.338. The Morgan fingerprint density at radius 2 is 1.79 bits per heavy atom. The summed E-state index contributed by atoms with van der Waals surface area (Å²) in [6, 6.07) is 12.2. The normalized spacial score (nSPS) is 13.0. The van der Waals surface area contributed by atoms with Gasteiger partial charge in [-0.05, 0) is 61.2 Å². The van der Waals surface area contributed by atoms with Gasteiger partial charge < -0.3 is 21.7 Å². The van der Waals surface area contributed by atoms with E-state index < -0.39 is 0 Å². The van der Waals surface area contributed by atoms with Crippen LogP contribution in [0.2, 0.25) is 5.02 Å². The lowest BCUT2D eigenvalue weighted by molar-refractivity contribution is 0.0951. The van der Waals surface area contributed by atoms with E-state index in [-0.39, 0.29) is 23.8 Å². The average molecular weight is 476 g/mol. The molecule has 34 heavy (non-hydrogen) atoms. The number of nitrogens with zero attached hydrogens (tertiary/aromatic N) is 3. The summed E-state index contributed by atoms with van der Waals surface area (Å²) in [6.07, 6.45) is 4.97. The summed E-state index contributed by atoms with van der Waals surface area (Å²) in [5, 5.41) is 13.4. The molecule has 0 radical (unpaired) electrons. The summed E-state index contributed by atoms with van der Waals surface area (Å²) in [6.45, 7) is 1.87. The first-order chi connectivity index (χ1) is 16.4. The fourth-order valence-corrected chi connectivity index (χ4v) is 3.84. The van der Waals surface area contributed by atoms with Crippen LogP contribution in [0.3, 0.4) is 0 Å². The molecule has 0 bridgehead atoms. The number of halogens is 1. The van der Waals surface area contributed by atoms with Crippen molar-refractivity contribution in [1.82, 2.24) is 19.9 Å². The molecule has 5 N–H and O–H groups in total. The predicted octanol–water partition coefficient (Wildman–Crippen LogP) is 4.48. The van der Waals surface area contributed by atoms with Gasteiger partial charge in [-0.1, -0.05) is 23.7 Å². The van der Waals surface area contributed by atoms with Crippen molar-refractivity contribution in [2.75, 3.05) is 16.4 Å². The van der Waals surface area contributed by atoms with Gasteiger partial charge in [0.1, 0.15) is 11.8 Å². The van der Waals surface area contributed by atoms with Gasteiger partial charge in [0.05, 0.1) is 5.56 Å². The number of amides is 3. The molecule has 2 aromatic heterocycles. The van der Waals surface area contributed by atoms with E-state index in [4.69, 9.17) is 17.3 Å². The molecule has 9 nitrogen and oxygen atoms in total. The van der Waals surface area contributed by atoms with Gasteiger partial charge >= 0.3 is 6.03 Å². The predicted molar refractivity (Wildman–Crippen MR) is 132 cm³/mol. The Balaban J connectivity index is 1.40. The fourth-order valence-electron chi connectivity index (χ4n) is 3.73. The van der Waals surface area contributed by atoms with Crippen LogP contribution >= 0.6 is 11.6 Å². The average Bonchev–Trinajstić information content (AvgIpc) is 3.53. The zero-order valence-electron chi connectivity index (χ0n) is 18.3. The zero-order chi connectivity index (χ0) is 23.8. The highest BCUT2D eigenvalue weighted by Crippen LogP contribution is 2.33. The first-order valence-electron chi connectivity index (χ1n) is 10.8. The van der Waals surface area contributed by atoms with Crippen LogP contribution in [-0.4, -0.2) is 32.6 Å². The van der Waals surface area contributed by atoms with E-state index in [2.05, 4.69) is 26.0 Å². The number of nitrogen functional groups attached to an aromatic ring is 1. The van der Waals surface area contributed by atoms with Crippen LogP contribution < -0.4 is 21.7 Å². The molecular weight excluding hydrogens is 454 g/mol. The molecule has 0 atom stereocenters. The molecule has 5 rings (SSSR count). The molecule has 4 aromatic rings. The van der Waals surface area contributed by atoms with Crippen LogP contribution in [-0.2, 0) is 0 Å². The molecule has 1 saturated carbocycles. The van der Waals surface area contributed by atoms with Crippen LogP contribution in [0.4, 0.5) is 22.0 Å². The number of hydrogen-bond donors (Lipinski definition) is 4. The molecule has 3 amide bonds. The standard InChI is InChI=1S/C24H22ClN7O2/c1-13-10-17(8-9-19(13)25)31-24(34)30-16-4-2-14(3-5-16)20-18(23(33)29-15-6-7-15)11-32-21(20)22(26)27-12-28-32/h2-5,8-12,15H,6-7H2,1H3,(H,29,33)(H2,26,27,28)(H2,30,31,34). The number of benzene rings is 2. The lowest BCUT2D eigenvalue weighted by Gasteiger charge is -2.10. The second kappa shape index (κ2) is 8.68. The molecule has 0 saturated heterocycles. The maximum absolute atomic E-state index is 12.9. The van der Waals surface area contributed by atoms with Gasteiger partial charge in [0.25, 0.3) is 5.91 Å². The summed E-state index contributed by atoms with van der Waals surface area (Å²) in [4.78, 5) is 29.4. The number of fused-ring (bicyclic) bond motifs is 1. The van der Waals surface area contributed by atoms with Gasteiger partial charge in [-0.3, -0.25) is 4.79 Å².